The predicted octanol–water partition coefficient (Wildman–Crippen LogP) is 2.57. The van der Waals surface area contributed by atoms with Gasteiger partial charge in [-0.3, -0.25) is 9.69 Å². The summed E-state index contributed by atoms with van der Waals surface area (Å²) in [6.45, 7) is 5.33. The van der Waals surface area contributed by atoms with Crippen molar-refractivity contribution in [3.63, 3.8) is 0 Å². The Balaban J connectivity index is 1.51. The van der Waals surface area contributed by atoms with Crippen LogP contribution in [0.15, 0.2) is 54.7 Å². The Kier molecular flexibility index (Phi) is 5.16. The summed E-state index contributed by atoms with van der Waals surface area (Å²) in [5.41, 5.74) is 1.11. The van der Waals surface area contributed by atoms with Gasteiger partial charge in [-0.15, -0.1) is 0 Å². The number of pyridine rings is 1. The van der Waals surface area contributed by atoms with Crippen molar-refractivity contribution in [2.24, 2.45) is 0 Å². The van der Waals surface area contributed by atoms with Gasteiger partial charge in [-0.2, -0.15) is 0 Å². The molecule has 0 bridgehead atoms. The molecule has 2 saturated heterocycles. The van der Waals surface area contributed by atoms with Crippen LogP contribution in [0.5, 0.6) is 0 Å². The van der Waals surface area contributed by atoms with Crippen LogP contribution in [-0.4, -0.2) is 60.0 Å². The molecule has 1 aromatic carbocycles. The summed E-state index contributed by atoms with van der Waals surface area (Å²) < 4.78 is 0. The zero-order chi connectivity index (χ0) is 17.8. The smallest absolute Gasteiger partial charge is 0.244 e. The number of piperazine rings is 1. The number of hydrogen-bond donors (Lipinski definition) is 0. The van der Waals surface area contributed by atoms with Crippen LogP contribution in [0.3, 0.4) is 0 Å². The number of nitrogens with zero attached hydrogens (tertiary/aromatic N) is 4. The monoisotopic (exact) mass is 350 g/mol. The summed E-state index contributed by atoms with van der Waals surface area (Å²) in [5.74, 6) is 1.29. The highest BCUT2D eigenvalue weighted by Crippen LogP contribution is 2.27. The first kappa shape index (κ1) is 17.0. The zero-order valence-electron chi connectivity index (χ0n) is 15.1. The molecular weight excluding hydrogens is 324 g/mol. The van der Waals surface area contributed by atoms with E-state index in [0.717, 1.165) is 63.5 Å². The van der Waals surface area contributed by atoms with Crippen molar-refractivity contribution in [3.8, 4) is 0 Å². The average Bonchev–Trinajstić information content (AvgIpc) is 3.25. The number of carbonyl (C=O) groups excluding carboxylic acids is 1. The molecule has 0 radical (unpaired) electrons. The molecular formula is C21H26N4O. The third-order valence-corrected chi connectivity index (χ3v) is 5.42. The Bertz CT molecular complexity index is 707. The molecule has 0 saturated carbocycles. The van der Waals surface area contributed by atoms with Gasteiger partial charge >= 0.3 is 0 Å². The van der Waals surface area contributed by atoms with E-state index < -0.39 is 0 Å². The highest BCUT2D eigenvalue weighted by atomic mass is 16.2. The fourth-order valence-corrected chi connectivity index (χ4v) is 4.01. The number of hydrogen-bond acceptors (Lipinski definition) is 4. The summed E-state index contributed by atoms with van der Waals surface area (Å²) in [4.78, 5) is 24.4. The second-order valence-corrected chi connectivity index (χ2v) is 7.06. The second kappa shape index (κ2) is 7.87. The molecule has 1 atom stereocenters. The zero-order valence-corrected chi connectivity index (χ0v) is 15.1. The molecule has 2 aliphatic heterocycles. The number of amides is 1. The van der Waals surface area contributed by atoms with Gasteiger partial charge in [0.1, 0.15) is 11.9 Å². The van der Waals surface area contributed by atoms with Gasteiger partial charge in [-0.1, -0.05) is 36.4 Å². The van der Waals surface area contributed by atoms with Gasteiger partial charge in [0, 0.05) is 45.5 Å². The van der Waals surface area contributed by atoms with Crippen molar-refractivity contribution < 1.29 is 4.79 Å². The number of likely N-dealkylation sites (tertiary alicyclic amines) is 1. The molecule has 4 rings (SSSR count). The molecule has 0 N–H and O–H groups in total. The standard InChI is InChI=1S/C21H26N4O/c26-21(25-12-6-7-13-25)20(18-8-2-1-3-9-18)24-16-14-23(15-17-24)19-10-4-5-11-22-19/h1-5,8-11,20H,6-7,12-17H2/t20-/m1/s1. The summed E-state index contributed by atoms with van der Waals surface area (Å²) >= 11 is 0. The minimum atomic E-state index is -0.166. The first-order chi connectivity index (χ1) is 12.8. The third-order valence-electron chi connectivity index (χ3n) is 5.42. The SMILES string of the molecule is O=C([C@@H](c1ccccc1)N1CCN(c2ccccn2)CC1)N1CCCC1. The third kappa shape index (κ3) is 3.58. The normalized spacial score (nSPS) is 19.5. The predicted molar refractivity (Wildman–Crippen MR) is 103 cm³/mol. The van der Waals surface area contributed by atoms with E-state index in [1.165, 1.54) is 0 Å². The van der Waals surface area contributed by atoms with Gasteiger partial charge in [-0.25, -0.2) is 4.98 Å². The quantitative estimate of drug-likeness (QED) is 0.850. The fourth-order valence-electron chi connectivity index (χ4n) is 4.01. The Hall–Kier alpha value is -2.40. The molecule has 2 aliphatic rings. The number of benzene rings is 1. The van der Waals surface area contributed by atoms with E-state index >= 15 is 0 Å². The molecule has 1 amide bonds. The Morgan fingerprint density at radius 3 is 2.19 bits per heavy atom. The van der Waals surface area contributed by atoms with Crippen LogP contribution >= 0.6 is 0 Å². The Morgan fingerprint density at radius 1 is 0.846 bits per heavy atom. The summed E-state index contributed by atoms with van der Waals surface area (Å²) in [6.07, 6.45) is 4.09. The highest BCUT2D eigenvalue weighted by molar-refractivity contribution is 5.83. The molecule has 0 spiro atoms. The van der Waals surface area contributed by atoms with E-state index in [4.69, 9.17) is 0 Å². The lowest BCUT2D eigenvalue weighted by atomic mass is 10.0. The van der Waals surface area contributed by atoms with Crippen molar-refractivity contribution in [2.75, 3.05) is 44.2 Å². The van der Waals surface area contributed by atoms with Crippen LogP contribution in [0.1, 0.15) is 24.4 Å². The average molecular weight is 350 g/mol. The first-order valence-corrected chi connectivity index (χ1v) is 9.57. The molecule has 5 nitrogen and oxygen atoms in total. The summed E-state index contributed by atoms with van der Waals surface area (Å²) in [6, 6.07) is 16.1. The van der Waals surface area contributed by atoms with E-state index in [-0.39, 0.29) is 11.9 Å². The molecule has 3 heterocycles. The van der Waals surface area contributed by atoms with Crippen LogP contribution in [0.2, 0.25) is 0 Å². The van der Waals surface area contributed by atoms with Gasteiger partial charge in [0.05, 0.1) is 0 Å². The maximum Gasteiger partial charge on any atom is 0.244 e. The minimum Gasteiger partial charge on any atom is -0.354 e. The van der Waals surface area contributed by atoms with Crippen LogP contribution in [0.4, 0.5) is 5.82 Å². The second-order valence-electron chi connectivity index (χ2n) is 7.06. The van der Waals surface area contributed by atoms with Crippen molar-refractivity contribution in [1.82, 2.24) is 14.8 Å². The Labute approximate surface area is 155 Å². The number of carbonyl (C=O) groups is 1. The van der Waals surface area contributed by atoms with Crippen LogP contribution < -0.4 is 4.90 Å². The number of anilines is 1. The molecule has 0 unspecified atom stereocenters. The molecule has 2 aromatic rings. The van der Waals surface area contributed by atoms with Crippen LogP contribution in [0, 0.1) is 0 Å². The van der Waals surface area contributed by atoms with E-state index in [1.54, 1.807) is 0 Å². The van der Waals surface area contributed by atoms with Gasteiger partial charge < -0.3 is 9.80 Å². The molecule has 1 aromatic heterocycles. The van der Waals surface area contributed by atoms with Gasteiger partial charge in [0.25, 0.3) is 0 Å². The highest BCUT2D eigenvalue weighted by Gasteiger charge is 2.34. The Morgan fingerprint density at radius 2 is 1.54 bits per heavy atom. The van der Waals surface area contributed by atoms with E-state index in [0.29, 0.717) is 0 Å². The van der Waals surface area contributed by atoms with Crippen LogP contribution in [-0.2, 0) is 4.79 Å². The molecule has 5 heteroatoms. The first-order valence-electron chi connectivity index (χ1n) is 9.57. The molecule has 26 heavy (non-hydrogen) atoms. The van der Waals surface area contributed by atoms with Crippen molar-refractivity contribution >= 4 is 11.7 Å². The van der Waals surface area contributed by atoms with Gasteiger partial charge in [-0.05, 0) is 30.5 Å². The maximum atomic E-state index is 13.3. The minimum absolute atomic E-state index is 0.166. The van der Waals surface area contributed by atoms with Crippen molar-refractivity contribution in [2.45, 2.75) is 18.9 Å². The summed E-state index contributed by atoms with van der Waals surface area (Å²) in [7, 11) is 0. The lowest BCUT2D eigenvalue weighted by Gasteiger charge is -2.40. The number of rotatable bonds is 4. The van der Waals surface area contributed by atoms with Crippen LogP contribution in [0.25, 0.3) is 0 Å². The molecule has 136 valence electrons. The fraction of sp³-hybridized carbons (Fsp3) is 0.429. The van der Waals surface area contributed by atoms with Gasteiger partial charge in [0.15, 0.2) is 0 Å². The lowest BCUT2D eigenvalue weighted by Crippen LogP contribution is -2.51. The lowest BCUT2D eigenvalue weighted by molar-refractivity contribution is -0.136. The topological polar surface area (TPSA) is 39.7 Å². The van der Waals surface area contributed by atoms with E-state index in [1.807, 2.05) is 41.4 Å². The van der Waals surface area contributed by atoms with Crippen molar-refractivity contribution in [3.05, 3.63) is 60.3 Å². The van der Waals surface area contributed by atoms with Crippen molar-refractivity contribution in [1.29, 1.82) is 0 Å². The maximum absolute atomic E-state index is 13.3. The summed E-state index contributed by atoms with van der Waals surface area (Å²) in [5, 5.41) is 0. The van der Waals surface area contributed by atoms with E-state index in [9.17, 15) is 4.79 Å². The molecule has 2 fully saturated rings. The number of aromatic nitrogens is 1. The molecule has 0 aliphatic carbocycles. The largest absolute Gasteiger partial charge is 0.354 e. The van der Waals surface area contributed by atoms with Gasteiger partial charge in [0.2, 0.25) is 5.91 Å². The van der Waals surface area contributed by atoms with E-state index in [2.05, 4.69) is 33.0 Å².